The summed E-state index contributed by atoms with van der Waals surface area (Å²) in [5.41, 5.74) is 4.26. The van der Waals surface area contributed by atoms with Crippen LogP contribution in [0.3, 0.4) is 0 Å². The zero-order valence-corrected chi connectivity index (χ0v) is 22.3. The molecule has 0 unspecified atom stereocenters. The smallest absolute Gasteiger partial charge is 0.282 e. The number of fused-ring (bicyclic) bond motifs is 1. The largest absolute Gasteiger partial charge is 0.494 e. The van der Waals surface area contributed by atoms with Gasteiger partial charge in [0.15, 0.2) is 5.82 Å². The number of aryl methyl sites for hydroxylation is 1. The summed E-state index contributed by atoms with van der Waals surface area (Å²) < 4.78 is 13.2. The molecule has 5 aromatic rings. The van der Waals surface area contributed by atoms with Crippen molar-refractivity contribution in [3.05, 3.63) is 106 Å². The Kier molecular flexibility index (Phi) is 7.11. The van der Waals surface area contributed by atoms with E-state index in [-0.39, 0.29) is 11.5 Å². The van der Waals surface area contributed by atoms with Gasteiger partial charge in [-0.25, -0.2) is 4.98 Å². The minimum Gasteiger partial charge on any atom is -0.494 e. The maximum Gasteiger partial charge on any atom is 0.282 e. The molecule has 194 valence electrons. The monoisotopic (exact) mass is 516 g/mol. The van der Waals surface area contributed by atoms with Crippen LogP contribution in [0.1, 0.15) is 49.1 Å². The molecule has 0 radical (unpaired) electrons. The van der Waals surface area contributed by atoms with Crippen molar-refractivity contribution in [2.24, 2.45) is 5.10 Å². The van der Waals surface area contributed by atoms with Crippen LogP contribution in [0.25, 0.3) is 33.6 Å². The summed E-state index contributed by atoms with van der Waals surface area (Å²) >= 11 is 0. The Morgan fingerprint density at radius 2 is 1.85 bits per heavy atom. The van der Waals surface area contributed by atoms with Gasteiger partial charge < -0.3 is 9.15 Å². The van der Waals surface area contributed by atoms with Crippen molar-refractivity contribution in [2.75, 3.05) is 6.61 Å². The molecule has 0 spiro atoms. The lowest BCUT2D eigenvalue weighted by Gasteiger charge is -2.18. The first-order valence-electron chi connectivity index (χ1n) is 12.8. The SMILES string of the molecule is CCOc1cc(C)c(-c2nc3ccccc3c(=O)n2N=Cc2ccc(-c3ccccc3C#N)o2)cc1C(C)C. The molecule has 7 nitrogen and oxygen atoms in total. The highest BCUT2D eigenvalue weighted by Crippen LogP contribution is 2.34. The number of para-hydroxylation sites is 1. The van der Waals surface area contributed by atoms with E-state index in [1.165, 1.54) is 10.9 Å². The van der Waals surface area contributed by atoms with Gasteiger partial charge in [-0.1, -0.05) is 38.1 Å². The standard InChI is InChI=1S/C32H28N4O3/c1-5-38-30-16-21(4)27(17-26(30)20(2)3)31-35-28-13-9-8-12-25(28)32(37)36(31)34-19-23-14-15-29(39-23)24-11-7-6-10-22(24)18-33/h6-17,19-20H,5H2,1-4H3. The normalized spacial score (nSPS) is 11.4. The topological polar surface area (TPSA) is 93.4 Å². The summed E-state index contributed by atoms with van der Waals surface area (Å²) in [6.07, 6.45) is 1.49. The van der Waals surface area contributed by atoms with Crippen LogP contribution in [0.4, 0.5) is 0 Å². The van der Waals surface area contributed by atoms with Gasteiger partial charge in [0.1, 0.15) is 17.3 Å². The fraction of sp³-hybridized carbons (Fsp3) is 0.188. The van der Waals surface area contributed by atoms with Crippen molar-refractivity contribution < 1.29 is 9.15 Å². The molecule has 0 bridgehead atoms. The molecule has 2 heterocycles. The van der Waals surface area contributed by atoms with Crippen molar-refractivity contribution in [3.8, 4) is 34.5 Å². The third-order valence-electron chi connectivity index (χ3n) is 6.51. The summed E-state index contributed by atoms with van der Waals surface area (Å²) in [6, 6.07) is 24.2. The van der Waals surface area contributed by atoms with E-state index in [0.717, 1.165) is 22.4 Å². The first-order chi connectivity index (χ1) is 18.9. The minimum atomic E-state index is -0.284. The summed E-state index contributed by atoms with van der Waals surface area (Å²) in [5.74, 6) is 2.44. The van der Waals surface area contributed by atoms with Crippen LogP contribution in [0.5, 0.6) is 5.75 Å². The zero-order valence-electron chi connectivity index (χ0n) is 22.3. The maximum absolute atomic E-state index is 13.7. The quantitative estimate of drug-likeness (QED) is 0.219. The molecule has 5 rings (SSSR count). The highest BCUT2D eigenvalue weighted by Gasteiger charge is 2.19. The molecule has 0 saturated carbocycles. The molecule has 0 aliphatic heterocycles. The van der Waals surface area contributed by atoms with Gasteiger partial charge in [-0.15, -0.1) is 0 Å². The highest BCUT2D eigenvalue weighted by atomic mass is 16.5. The molecule has 0 saturated heterocycles. The highest BCUT2D eigenvalue weighted by molar-refractivity contribution is 5.82. The van der Waals surface area contributed by atoms with Gasteiger partial charge in [-0.3, -0.25) is 4.79 Å². The molecule has 0 atom stereocenters. The molecule has 0 aliphatic rings. The molecular formula is C32H28N4O3. The Morgan fingerprint density at radius 3 is 2.62 bits per heavy atom. The van der Waals surface area contributed by atoms with Crippen molar-refractivity contribution in [2.45, 2.75) is 33.6 Å². The fourth-order valence-corrected chi connectivity index (χ4v) is 4.55. The third-order valence-corrected chi connectivity index (χ3v) is 6.51. The summed E-state index contributed by atoms with van der Waals surface area (Å²) in [7, 11) is 0. The Morgan fingerprint density at radius 1 is 1.08 bits per heavy atom. The molecule has 3 aromatic carbocycles. The second kappa shape index (κ2) is 10.8. The van der Waals surface area contributed by atoms with Crippen molar-refractivity contribution in [1.29, 1.82) is 5.26 Å². The lowest BCUT2D eigenvalue weighted by atomic mass is 9.96. The van der Waals surface area contributed by atoms with Crippen LogP contribution in [0, 0.1) is 18.3 Å². The molecule has 0 aliphatic carbocycles. The number of hydrogen-bond acceptors (Lipinski definition) is 6. The summed E-state index contributed by atoms with van der Waals surface area (Å²) in [4.78, 5) is 18.5. The van der Waals surface area contributed by atoms with E-state index in [2.05, 4.69) is 25.0 Å². The number of rotatable bonds is 7. The number of benzene rings is 3. The Bertz CT molecular complexity index is 1810. The van der Waals surface area contributed by atoms with Crippen LogP contribution in [-0.4, -0.2) is 22.5 Å². The van der Waals surface area contributed by atoms with Gasteiger partial charge in [-0.2, -0.15) is 15.0 Å². The third kappa shape index (κ3) is 4.97. The van der Waals surface area contributed by atoms with Crippen LogP contribution in [0.15, 0.2) is 87.1 Å². The first kappa shape index (κ1) is 25.7. The van der Waals surface area contributed by atoms with Crippen molar-refractivity contribution in [1.82, 2.24) is 9.66 Å². The molecular weight excluding hydrogens is 488 g/mol. The van der Waals surface area contributed by atoms with Gasteiger partial charge >= 0.3 is 0 Å². The van der Waals surface area contributed by atoms with Crippen LogP contribution in [-0.2, 0) is 0 Å². The molecule has 0 fully saturated rings. The molecule has 2 aromatic heterocycles. The van der Waals surface area contributed by atoms with Crippen molar-refractivity contribution in [3.63, 3.8) is 0 Å². The van der Waals surface area contributed by atoms with Crippen LogP contribution >= 0.6 is 0 Å². The zero-order chi connectivity index (χ0) is 27.5. The average molecular weight is 517 g/mol. The number of hydrogen-bond donors (Lipinski definition) is 0. The van der Waals surface area contributed by atoms with Gasteiger partial charge in [0.2, 0.25) is 0 Å². The predicted octanol–water partition coefficient (Wildman–Crippen LogP) is 6.91. The Hall–Kier alpha value is -4.96. The Balaban J connectivity index is 1.66. The van der Waals surface area contributed by atoms with Gasteiger partial charge in [0, 0.05) is 11.1 Å². The van der Waals surface area contributed by atoms with Gasteiger partial charge in [0.25, 0.3) is 5.56 Å². The lowest BCUT2D eigenvalue weighted by molar-refractivity contribution is 0.335. The van der Waals surface area contributed by atoms with Crippen LogP contribution < -0.4 is 10.3 Å². The van der Waals surface area contributed by atoms with E-state index < -0.39 is 0 Å². The second-order valence-corrected chi connectivity index (χ2v) is 9.47. The molecule has 39 heavy (non-hydrogen) atoms. The molecule has 0 N–H and O–H groups in total. The van der Waals surface area contributed by atoms with Gasteiger partial charge in [-0.05, 0) is 79.4 Å². The first-order valence-corrected chi connectivity index (χ1v) is 12.8. The predicted molar refractivity (Wildman–Crippen MR) is 153 cm³/mol. The number of aromatic nitrogens is 2. The van der Waals surface area contributed by atoms with E-state index in [0.29, 0.717) is 46.0 Å². The summed E-state index contributed by atoms with van der Waals surface area (Å²) in [6.45, 7) is 8.71. The minimum absolute atomic E-state index is 0.202. The fourth-order valence-electron chi connectivity index (χ4n) is 4.55. The second-order valence-electron chi connectivity index (χ2n) is 9.47. The van der Waals surface area contributed by atoms with Crippen LogP contribution in [0.2, 0.25) is 0 Å². The number of furan rings is 1. The Labute approximate surface area is 226 Å². The van der Waals surface area contributed by atoms with E-state index in [1.807, 2.05) is 62.4 Å². The average Bonchev–Trinajstić information content (AvgIpc) is 3.41. The van der Waals surface area contributed by atoms with E-state index in [4.69, 9.17) is 14.1 Å². The van der Waals surface area contributed by atoms with E-state index >= 15 is 0 Å². The van der Waals surface area contributed by atoms with Crippen molar-refractivity contribution >= 4 is 17.1 Å². The van der Waals surface area contributed by atoms with E-state index in [1.54, 1.807) is 24.3 Å². The number of nitriles is 1. The number of ether oxygens (including phenoxy) is 1. The maximum atomic E-state index is 13.7. The van der Waals surface area contributed by atoms with E-state index in [9.17, 15) is 10.1 Å². The van der Waals surface area contributed by atoms with Gasteiger partial charge in [0.05, 0.1) is 35.4 Å². The number of nitrogens with zero attached hydrogens (tertiary/aromatic N) is 4. The lowest BCUT2D eigenvalue weighted by Crippen LogP contribution is -2.20. The molecule has 7 heteroatoms. The molecule has 0 amide bonds. The summed E-state index contributed by atoms with van der Waals surface area (Å²) in [5, 5.41) is 14.5.